The zero-order valence-corrected chi connectivity index (χ0v) is 19.5. The summed E-state index contributed by atoms with van der Waals surface area (Å²) in [7, 11) is 7.63. The number of carboxylic acids is 1. The Hall–Kier alpha value is -1.87. The van der Waals surface area contributed by atoms with Crippen LogP contribution in [0.4, 0.5) is 22.7 Å². The van der Waals surface area contributed by atoms with Gasteiger partial charge in [-0.05, 0) is 30.3 Å². The van der Waals surface area contributed by atoms with E-state index in [1.165, 1.54) is 11.8 Å². The number of nitrogens with two attached hydrogens (primary N) is 1. The molecule has 7 nitrogen and oxygen atoms in total. The van der Waals surface area contributed by atoms with Gasteiger partial charge in [0.15, 0.2) is 0 Å². The third kappa shape index (κ3) is 4.25. The van der Waals surface area contributed by atoms with Crippen LogP contribution < -0.4 is 55.1 Å². The molecule has 0 atom stereocenters. The monoisotopic (exact) mass is 408 g/mol. The van der Waals surface area contributed by atoms with E-state index in [0.717, 1.165) is 21.2 Å². The maximum Gasteiger partial charge on any atom is 1.00 e. The molecule has 1 aliphatic heterocycles. The molecule has 2 N–H and O–H groups in total. The minimum absolute atomic E-state index is 0. The average Bonchev–Trinajstić information content (AvgIpc) is 2.59. The Labute approximate surface area is 190 Å². The van der Waals surface area contributed by atoms with Crippen molar-refractivity contribution >= 4 is 46.4 Å². The van der Waals surface area contributed by atoms with Crippen LogP contribution in [0, 0.1) is 0 Å². The summed E-state index contributed by atoms with van der Waals surface area (Å²) in [5.41, 5.74) is 8.94. The summed E-state index contributed by atoms with van der Waals surface area (Å²) in [6, 6.07) is 9.37. The Kier molecular flexibility index (Phi) is 6.93. The second-order valence-corrected chi connectivity index (χ2v) is 7.79. The van der Waals surface area contributed by atoms with Gasteiger partial charge in [0.1, 0.15) is 0 Å². The summed E-state index contributed by atoms with van der Waals surface area (Å²) in [4.78, 5) is 30.7. The largest absolute Gasteiger partial charge is 1.00 e. The number of benzene rings is 2. The van der Waals surface area contributed by atoms with Gasteiger partial charge in [-0.3, -0.25) is 4.79 Å². The molecule has 1 aliphatic rings. The van der Waals surface area contributed by atoms with Crippen molar-refractivity contribution in [3.8, 4) is 0 Å². The molecule has 1 heterocycles. The number of fused-ring (bicyclic) bond motifs is 2. The molecule has 28 heavy (non-hydrogen) atoms. The van der Waals surface area contributed by atoms with E-state index in [1.807, 2.05) is 62.3 Å². The van der Waals surface area contributed by atoms with Crippen molar-refractivity contribution in [3.05, 3.63) is 35.9 Å². The topological polar surface area (TPSA) is 92.9 Å². The number of nitrogens with zero attached hydrogens (tertiary/aromatic N) is 3. The molecule has 0 spiro atoms. The number of aliphatic carboxylic acids is 1. The number of carboxylic acid groups (broad SMARTS) is 1. The van der Waals surface area contributed by atoms with Crippen molar-refractivity contribution in [2.75, 3.05) is 49.4 Å². The van der Waals surface area contributed by atoms with Gasteiger partial charge in [-0.15, -0.1) is 0 Å². The summed E-state index contributed by atoms with van der Waals surface area (Å²) < 4.78 is 0. The molecule has 142 valence electrons. The maximum atomic E-state index is 12.1. The van der Waals surface area contributed by atoms with Crippen molar-refractivity contribution in [1.82, 2.24) is 0 Å². The van der Waals surface area contributed by atoms with Gasteiger partial charge in [0.05, 0.1) is 29.5 Å². The fraction of sp³-hybridized carbons (Fsp3) is 0.263. The minimum Gasteiger partial charge on any atom is -0.548 e. The number of anilines is 4. The molecule has 0 saturated carbocycles. The Bertz CT molecular complexity index is 934. The van der Waals surface area contributed by atoms with Crippen molar-refractivity contribution in [2.24, 2.45) is 5.73 Å². The van der Waals surface area contributed by atoms with E-state index in [2.05, 4.69) is 0 Å². The first-order valence-electron chi connectivity index (χ1n) is 8.31. The molecule has 0 bridgehead atoms. The smallest absolute Gasteiger partial charge is 0.548 e. The van der Waals surface area contributed by atoms with Crippen LogP contribution in [0.5, 0.6) is 0 Å². The van der Waals surface area contributed by atoms with Crippen LogP contribution in [0.25, 0.3) is 0 Å². The molecule has 1 amide bonds. The number of carbonyl (C=O) groups excluding carboxylic acids is 2. The third-order valence-electron chi connectivity index (χ3n) is 4.37. The second kappa shape index (κ2) is 8.65. The molecule has 0 radical (unpaired) electrons. The first-order chi connectivity index (χ1) is 12.7. The molecular formula is C19H21N4NaO3S. The van der Waals surface area contributed by atoms with E-state index in [0.29, 0.717) is 11.4 Å². The predicted octanol–water partition coefficient (Wildman–Crippen LogP) is -1.73. The molecule has 0 saturated heterocycles. The number of carbonyl (C=O) groups is 2. The average molecular weight is 408 g/mol. The van der Waals surface area contributed by atoms with Crippen molar-refractivity contribution in [2.45, 2.75) is 9.79 Å². The van der Waals surface area contributed by atoms with Gasteiger partial charge >= 0.3 is 29.6 Å². The van der Waals surface area contributed by atoms with Crippen molar-refractivity contribution in [3.63, 3.8) is 0 Å². The summed E-state index contributed by atoms with van der Waals surface area (Å²) in [5.74, 6) is -1.84. The van der Waals surface area contributed by atoms with Gasteiger partial charge < -0.3 is 30.3 Å². The fourth-order valence-electron chi connectivity index (χ4n) is 3.01. The van der Waals surface area contributed by atoms with E-state index < -0.39 is 11.9 Å². The van der Waals surface area contributed by atoms with Crippen molar-refractivity contribution in [1.29, 1.82) is 0 Å². The summed E-state index contributed by atoms with van der Waals surface area (Å²) >= 11 is 1.49. The van der Waals surface area contributed by atoms with Crippen molar-refractivity contribution < 1.29 is 44.3 Å². The number of hydrogen-bond donors (Lipinski definition) is 1. The summed E-state index contributed by atoms with van der Waals surface area (Å²) in [6.45, 7) is -0.372. The Morgan fingerprint density at radius 2 is 1.64 bits per heavy atom. The molecule has 3 rings (SSSR count). The van der Waals surface area contributed by atoms with E-state index in [4.69, 9.17) is 5.73 Å². The van der Waals surface area contributed by atoms with Gasteiger partial charge in [-0.2, -0.15) is 0 Å². The summed E-state index contributed by atoms with van der Waals surface area (Å²) in [5, 5.41) is 11.4. The SMILES string of the molecule is CN(C)c1ccc2c(c1)Sc1cc(N(C)C)cc(C(N)=O)c1N2CC(=O)[O-].[Na+]. The molecule has 0 fully saturated rings. The molecule has 2 aromatic carbocycles. The van der Waals surface area contributed by atoms with Gasteiger partial charge in [0.25, 0.3) is 5.91 Å². The van der Waals surface area contributed by atoms with Gasteiger partial charge in [0.2, 0.25) is 0 Å². The Morgan fingerprint density at radius 1 is 1.04 bits per heavy atom. The molecular weight excluding hydrogens is 387 g/mol. The quantitative estimate of drug-likeness (QED) is 0.588. The van der Waals surface area contributed by atoms with Crippen LogP contribution in [0.2, 0.25) is 0 Å². The number of hydrogen-bond acceptors (Lipinski definition) is 7. The van der Waals surface area contributed by atoms with E-state index in [-0.39, 0.29) is 41.7 Å². The minimum atomic E-state index is -1.23. The van der Waals surface area contributed by atoms with Crippen LogP contribution in [-0.2, 0) is 4.79 Å². The second-order valence-electron chi connectivity index (χ2n) is 6.71. The van der Waals surface area contributed by atoms with Gasteiger partial charge in [0, 0.05) is 49.4 Å². The van der Waals surface area contributed by atoms with Gasteiger partial charge in [-0.25, -0.2) is 0 Å². The van der Waals surface area contributed by atoms with Gasteiger partial charge in [-0.1, -0.05) is 11.8 Å². The molecule has 0 aliphatic carbocycles. The molecule has 2 aromatic rings. The van der Waals surface area contributed by atoms with Crippen LogP contribution in [0.1, 0.15) is 10.4 Å². The zero-order valence-electron chi connectivity index (χ0n) is 16.6. The van der Waals surface area contributed by atoms with Crippen LogP contribution in [0.15, 0.2) is 40.1 Å². The summed E-state index contributed by atoms with van der Waals surface area (Å²) in [6.07, 6.45) is 0. The standard InChI is InChI=1S/C19H22N4O3S.Na/c1-21(2)11-5-6-14-15(8-11)27-16-9-12(22(3)4)7-13(19(20)26)18(16)23(14)10-17(24)25;/h5-9H,10H2,1-4H3,(H2,20,26)(H,24,25);/q;+1/p-1. The number of primary amides is 1. The number of amides is 1. The van der Waals surface area contributed by atoms with Crippen LogP contribution in [0.3, 0.4) is 0 Å². The van der Waals surface area contributed by atoms with Crippen LogP contribution in [-0.4, -0.2) is 46.6 Å². The fourth-order valence-corrected chi connectivity index (χ4v) is 4.21. The number of rotatable bonds is 5. The molecule has 9 heteroatoms. The predicted molar refractivity (Wildman–Crippen MR) is 106 cm³/mol. The first-order valence-corrected chi connectivity index (χ1v) is 9.12. The van der Waals surface area contributed by atoms with E-state index in [1.54, 1.807) is 11.0 Å². The first kappa shape index (κ1) is 22.4. The van der Waals surface area contributed by atoms with E-state index >= 15 is 0 Å². The zero-order chi connectivity index (χ0) is 19.9. The van der Waals surface area contributed by atoms with Crippen LogP contribution >= 0.6 is 11.8 Å². The Morgan fingerprint density at radius 3 is 2.18 bits per heavy atom. The Balaban J connectivity index is 0.00000280. The normalized spacial score (nSPS) is 11.8. The molecule has 0 aromatic heterocycles. The molecule has 0 unspecified atom stereocenters. The maximum absolute atomic E-state index is 12.1. The van der Waals surface area contributed by atoms with E-state index in [9.17, 15) is 14.7 Å². The third-order valence-corrected chi connectivity index (χ3v) is 5.45.